The number of carbonyl (C=O) groups is 2. The molecule has 0 aliphatic carbocycles. The van der Waals surface area contributed by atoms with E-state index in [4.69, 9.17) is 0 Å². The molecule has 15 heavy (non-hydrogen) atoms. The molecular formula is C11H15NO2S. The van der Waals surface area contributed by atoms with Gasteiger partial charge in [-0.15, -0.1) is 0 Å². The van der Waals surface area contributed by atoms with Crippen molar-refractivity contribution in [3.63, 3.8) is 0 Å². The van der Waals surface area contributed by atoms with E-state index in [0.29, 0.717) is 5.57 Å². The average Bonchev–Trinajstić information content (AvgIpc) is 2.57. The van der Waals surface area contributed by atoms with Crippen molar-refractivity contribution in [2.45, 2.75) is 19.1 Å². The van der Waals surface area contributed by atoms with Crippen LogP contribution < -0.4 is 5.32 Å². The lowest BCUT2D eigenvalue weighted by Gasteiger charge is -2.03. The smallest absolute Gasteiger partial charge is 0.286 e. The standard InChI is InChI=1S/C9H9NO2S.C2H6/c1-3-5-6(4-2)7-8(11)10-9(12)13-7;1-2/h3-5,7H,1-2H2,(H,10,11,12);1-2H3/b6-5+;. The molecule has 0 bridgehead atoms. The normalized spacial score (nSPS) is 20.1. The molecule has 0 aromatic carbocycles. The molecule has 4 heteroatoms. The van der Waals surface area contributed by atoms with E-state index in [2.05, 4.69) is 18.5 Å². The molecule has 82 valence electrons. The Labute approximate surface area is 94.3 Å². The number of hydrogen-bond acceptors (Lipinski definition) is 3. The summed E-state index contributed by atoms with van der Waals surface area (Å²) in [6.07, 6.45) is 4.79. The quantitative estimate of drug-likeness (QED) is 0.751. The van der Waals surface area contributed by atoms with E-state index in [1.54, 1.807) is 18.2 Å². The highest BCUT2D eigenvalue weighted by Crippen LogP contribution is 2.26. The van der Waals surface area contributed by atoms with E-state index in [9.17, 15) is 9.59 Å². The van der Waals surface area contributed by atoms with Crippen molar-refractivity contribution in [3.05, 3.63) is 37.0 Å². The summed E-state index contributed by atoms with van der Waals surface area (Å²) >= 11 is 0.959. The first-order valence-corrected chi connectivity index (χ1v) is 5.53. The van der Waals surface area contributed by atoms with E-state index < -0.39 is 5.25 Å². The Morgan fingerprint density at radius 1 is 1.40 bits per heavy atom. The molecule has 1 rings (SSSR count). The Morgan fingerprint density at radius 3 is 2.33 bits per heavy atom. The Bertz CT molecular complexity index is 308. The second kappa shape index (κ2) is 7.06. The van der Waals surface area contributed by atoms with E-state index in [-0.39, 0.29) is 11.1 Å². The SMILES string of the molecule is C=C/C=C(\C=C)C1SC(=O)NC1=O.CC. The molecule has 1 unspecified atom stereocenters. The van der Waals surface area contributed by atoms with E-state index in [0.717, 1.165) is 11.8 Å². The van der Waals surface area contributed by atoms with Crippen molar-refractivity contribution >= 4 is 22.9 Å². The topological polar surface area (TPSA) is 46.2 Å². The van der Waals surface area contributed by atoms with Crippen LogP contribution >= 0.6 is 11.8 Å². The highest BCUT2D eigenvalue weighted by atomic mass is 32.2. The van der Waals surface area contributed by atoms with Crippen molar-refractivity contribution in [3.8, 4) is 0 Å². The number of imide groups is 1. The van der Waals surface area contributed by atoms with Gasteiger partial charge in [-0.1, -0.05) is 45.2 Å². The minimum Gasteiger partial charge on any atom is -0.286 e. The lowest BCUT2D eigenvalue weighted by atomic mass is 10.1. The van der Waals surface area contributed by atoms with E-state index in [1.807, 2.05) is 13.8 Å². The molecule has 0 saturated carbocycles. The molecule has 1 aliphatic rings. The zero-order chi connectivity index (χ0) is 11.8. The number of amides is 2. The average molecular weight is 225 g/mol. The molecule has 0 radical (unpaired) electrons. The molecule has 1 fully saturated rings. The molecule has 3 nitrogen and oxygen atoms in total. The maximum absolute atomic E-state index is 11.2. The van der Waals surface area contributed by atoms with E-state index in [1.165, 1.54) is 0 Å². The number of carbonyl (C=O) groups excluding carboxylic acids is 2. The fourth-order valence-corrected chi connectivity index (χ4v) is 1.82. The van der Waals surface area contributed by atoms with Crippen LogP contribution in [0.15, 0.2) is 37.0 Å². The third kappa shape index (κ3) is 3.75. The molecule has 1 aliphatic heterocycles. The van der Waals surface area contributed by atoms with Crippen molar-refractivity contribution < 1.29 is 9.59 Å². The summed E-state index contributed by atoms with van der Waals surface area (Å²) in [6, 6.07) is 0. The lowest BCUT2D eigenvalue weighted by Crippen LogP contribution is -2.24. The molecule has 1 atom stereocenters. The van der Waals surface area contributed by atoms with Crippen molar-refractivity contribution in [1.82, 2.24) is 5.32 Å². The van der Waals surface area contributed by atoms with Crippen LogP contribution in [0.2, 0.25) is 0 Å². The molecule has 0 aromatic heterocycles. The third-order valence-electron chi connectivity index (χ3n) is 1.54. The monoisotopic (exact) mass is 225 g/mol. The van der Waals surface area contributed by atoms with Gasteiger partial charge in [-0.2, -0.15) is 0 Å². The van der Waals surface area contributed by atoms with Gasteiger partial charge in [0.25, 0.3) is 5.24 Å². The van der Waals surface area contributed by atoms with Crippen LogP contribution in [0.5, 0.6) is 0 Å². The minimum atomic E-state index is -0.469. The largest absolute Gasteiger partial charge is 0.286 e. The van der Waals surface area contributed by atoms with Gasteiger partial charge in [0.1, 0.15) is 5.25 Å². The Hall–Kier alpha value is -1.29. The lowest BCUT2D eigenvalue weighted by molar-refractivity contribution is -0.118. The molecule has 1 N–H and O–H groups in total. The van der Waals surface area contributed by atoms with E-state index >= 15 is 0 Å². The Balaban J connectivity index is 0.000000921. The summed E-state index contributed by atoms with van der Waals surface area (Å²) in [4.78, 5) is 22.0. The van der Waals surface area contributed by atoms with Crippen LogP contribution in [-0.4, -0.2) is 16.4 Å². The highest BCUT2D eigenvalue weighted by Gasteiger charge is 2.32. The van der Waals surface area contributed by atoms with Gasteiger partial charge in [0.2, 0.25) is 5.91 Å². The summed E-state index contributed by atoms with van der Waals surface area (Å²) in [5.74, 6) is -0.289. The van der Waals surface area contributed by atoms with Crippen LogP contribution in [-0.2, 0) is 4.79 Å². The van der Waals surface area contributed by atoms with Crippen molar-refractivity contribution in [1.29, 1.82) is 0 Å². The first-order chi connectivity index (χ1) is 7.19. The Morgan fingerprint density at radius 2 is 2.00 bits per heavy atom. The van der Waals surface area contributed by atoms with Crippen molar-refractivity contribution in [2.75, 3.05) is 0 Å². The molecule has 2 amide bonds. The van der Waals surface area contributed by atoms with Gasteiger partial charge in [-0.3, -0.25) is 14.9 Å². The second-order valence-corrected chi connectivity index (χ2v) is 3.46. The summed E-state index contributed by atoms with van der Waals surface area (Å²) in [5, 5.41) is 1.42. The number of rotatable bonds is 3. The second-order valence-electron chi connectivity index (χ2n) is 2.38. The number of nitrogens with one attached hydrogen (secondary N) is 1. The minimum absolute atomic E-state index is 0.289. The molecule has 1 heterocycles. The van der Waals surface area contributed by atoms with Crippen LogP contribution in [0.1, 0.15) is 13.8 Å². The van der Waals surface area contributed by atoms with Gasteiger partial charge in [-0.25, -0.2) is 0 Å². The number of allylic oxidation sites excluding steroid dienone is 3. The third-order valence-corrected chi connectivity index (χ3v) is 2.58. The van der Waals surface area contributed by atoms with Gasteiger partial charge in [0.15, 0.2) is 0 Å². The van der Waals surface area contributed by atoms with Gasteiger partial charge in [0.05, 0.1) is 0 Å². The maximum Gasteiger partial charge on any atom is 0.286 e. The van der Waals surface area contributed by atoms with Gasteiger partial charge < -0.3 is 0 Å². The first-order valence-electron chi connectivity index (χ1n) is 4.65. The predicted octanol–water partition coefficient (Wildman–Crippen LogP) is 2.66. The van der Waals surface area contributed by atoms with Crippen LogP contribution in [0.4, 0.5) is 4.79 Å². The zero-order valence-electron chi connectivity index (χ0n) is 8.95. The molecule has 1 saturated heterocycles. The molecular weight excluding hydrogens is 210 g/mol. The number of hydrogen-bond donors (Lipinski definition) is 1. The first kappa shape index (κ1) is 13.7. The summed E-state index contributed by atoms with van der Waals surface area (Å²) in [5.41, 5.74) is 0.698. The predicted molar refractivity (Wildman–Crippen MR) is 64.7 cm³/mol. The molecule has 0 aromatic rings. The molecule has 0 spiro atoms. The van der Waals surface area contributed by atoms with Crippen LogP contribution in [0.25, 0.3) is 0 Å². The van der Waals surface area contributed by atoms with Gasteiger partial charge in [-0.05, 0) is 17.3 Å². The van der Waals surface area contributed by atoms with Gasteiger partial charge in [0, 0.05) is 0 Å². The highest BCUT2D eigenvalue weighted by molar-refractivity contribution is 8.15. The summed E-state index contributed by atoms with van der Waals surface area (Å²) in [7, 11) is 0. The van der Waals surface area contributed by atoms with Crippen LogP contribution in [0, 0.1) is 0 Å². The van der Waals surface area contributed by atoms with Crippen LogP contribution in [0.3, 0.4) is 0 Å². The maximum atomic E-state index is 11.2. The fraction of sp³-hybridized carbons (Fsp3) is 0.273. The number of thioether (sulfide) groups is 1. The van der Waals surface area contributed by atoms with Gasteiger partial charge >= 0.3 is 0 Å². The van der Waals surface area contributed by atoms with Crippen molar-refractivity contribution in [2.24, 2.45) is 0 Å². The zero-order valence-corrected chi connectivity index (χ0v) is 9.76. The summed E-state index contributed by atoms with van der Waals surface area (Å²) in [6.45, 7) is 11.1. The summed E-state index contributed by atoms with van der Waals surface area (Å²) < 4.78 is 0. The fourth-order valence-electron chi connectivity index (χ4n) is 0.974. The Kier molecular flexibility index (Phi) is 6.45.